The maximum atomic E-state index is 5.05. The van der Waals surface area contributed by atoms with E-state index in [9.17, 15) is 0 Å². The molecule has 16 heavy (non-hydrogen) atoms. The van der Waals surface area contributed by atoms with E-state index in [4.69, 9.17) is 4.74 Å². The van der Waals surface area contributed by atoms with Gasteiger partial charge in [0.25, 0.3) is 0 Å². The van der Waals surface area contributed by atoms with Gasteiger partial charge in [0, 0.05) is 30.8 Å². The Morgan fingerprint density at radius 1 is 1.50 bits per heavy atom. The molecule has 2 aromatic rings. The van der Waals surface area contributed by atoms with E-state index in [-0.39, 0.29) is 0 Å². The van der Waals surface area contributed by atoms with Gasteiger partial charge in [0.2, 0.25) is 0 Å². The maximum absolute atomic E-state index is 5.05. The molecule has 0 radical (unpaired) electrons. The lowest BCUT2D eigenvalue weighted by molar-refractivity contribution is 0.191. The molecule has 0 aliphatic heterocycles. The van der Waals surface area contributed by atoms with E-state index in [0.29, 0.717) is 6.04 Å². The maximum Gasteiger partial charge on any atom is 0.0670 e. The molecule has 0 saturated carbocycles. The minimum Gasteiger partial charge on any atom is -0.385 e. The first-order valence-corrected chi connectivity index (χ1v) is 5.48. The van der Waals surface area contributed by atoms with Crippen LogP contribution in [0.3, 0.4) is 0 Å². The minimum absolute atomic E-state index is 0.403. The summed E-state index contributed by atoms with van der Waals surface area (Å²) in [5.74, 6) is 0. The van der Waals surface area contributed by atoms with Crippen LogP contribution in [0.5, 0.6) is 0 Å². The van der Waals surface area contributed by atoms with Crippen molar-refractivity contribution in [3.63, 3.8) is 0 Å². The summed E-state index contributed by atoms with van der Waals surface area (Å²) in [7, 11) is 1.73. The number of anilines is 1. The third-order valence-electron chi connectivity index (χ3n) is 2.61. The third-order valence-corrected chi connectivity index (χ3v) is 2.61. The summed E-state index contributed by atoms with van der Waals surface area (Å²) in [5.41, 5.74) is 2.17. The molecule has 0 aliphatic carbocycles. The van der Waals surface area contributed by atoms with Crippen LogP contribution in [0.15, 0.2) is 24.4 Å². The molecule has 1 heterocycles. The summed E-state index contributed by atoms with van der Waals surface area (Å²) in [6, 6.07) is 6.61. The molecule has 4 heteroatoms. The summed E-state index contributed by atoms with van der Waals surface area (Å²) < 4.78 is 5.05. The van der Waals surface area contributed by atoms with Gasteiger partial charge in [-0.2, -0.15) is 5.10 Å². The smallest absolute Gasteiger partial charge is 0.0670 e. The second kappa shape index (κ2) is 4.99. The van der Waals surface area contributed by atoms with Crippen molar-refractivity contribution >= 4 is 16.6 Å². The summed E-state index contributed by atoms with van der Waals surface area (Å²) >= 11 is 0. The van der Waals surface area contributed by atoms with Crippen LogP contribution >= 0.6 is 0 Å². The number of rotatable bonds is 5. The molecule has 4 nitrogen and oxygen atoms in total. The van der Waals surface area contributed by atoms with Crippen molar-refractivity contribution in [2.75, 3.05) is 19.0 Å². The highest BCUT2D eigenvalue weighted by molar-refractivity contribution is 5.81. The average molecular weight is 219 g/mol. The number of aromatic nitrogens is 2. The first kappa shape index (κ1) is 11.0. The predicted octanol–water partition coefficient (Wildman–Crippen LogP) is 2.40. The lowest BCUT2D eigenvalue weighted by Crippen LogP contribution is -2.16. The Kier molecular flexibility index (Phi) is 3.41. The van der Waals surface area contributed by atoms with Gasteiger partial charge < -0.3 is 10.1 Å². The monoisotopic (exact) mass is 219 g/mol. The van der Waals surface area contributed by atoms with E-state index >= 15 is 0 Å². The summed E-state index contributed by atoms with van der Waals surface area (Å²) in [6.45, 7) is 2.93. The highest BCUT2D eigenvalue weighted by atomic mass is 16.5. The third kappa shape index (κ3) is 2.52. The molecule has 86 valence electrons. The largest absolute Gasteiger partial charge is 0.385 e. The highest BCUT2D eigenvalue weighted by Crippen LogP contribution is 2.17. The number of H-pyrrole nitrogens is 1. The number of ether oxygens (including phenoxy) is 1. The van der Waals surface area contributed by atoms with Crippen LogP contribution in [0.1, 0.15) is 13.3 Å². The standard InChI is InChI=1S/C12H17N3O/c1-9(5-6-16-2)14-11-4-3-10-8-13-15-12(10)7-11/h3-4,7-9,14H,5-6H2,1-2H3,(H,13,15). The zero-order valence-corrected chi connectivity index (χ0v) is 9.66. The zero-order valence-electron chi connectivity index (χ0n) is 9.66. The van der Waals surface area contributed by atoms with E-state index in [0.717, 1.165) is 29.6 Å². The molecule has 0 spiro atoms. The SMILES string of the molecule is COCCC(C)Nc1ccc2cn[nH]c2c1. The predicted molar refractivity (Wildman–Crippen MR) is 65.7 cm³/mol. The van der Waals surface area contributed by atoms with Crippen molar-refractivity contribution in [2.24, 2.45) is 0 Å². The molecule has 1 aromatic heterocycles. The normalized spacial score (nSPS) is 12.9. The lowest BCUT2D eigenvalue weighted by atomic mass is 10.2. The number of benzene rings is 1. The van der Waals surface area contributed by atoms with Gasteiger partial charge in [-0.3, -0.25) is 5.10 Å². The molecule has 0 aliphatic rings. The van der Waals surface area contributed by atoms with Crippen LogP contribution < -0.4 is 5.32 Å². The van der Waals surface area contributed by atoms with Crippen LogP contribution in [-0.4, -0.2) is 30.0 Å². The molecule has 1 atom stereocenters. The Morgan fingerprint density at radius 2 is 2.38 bits per heavy atom. The summed E-state index contributed by atoms with van der Waals surface area (Å²) in [5, 5.41) is 11.5. The number of methoxy groups -OCH3 is 1. The first-order valence-electron chi connectivity index (χ1n) is 5.48. The molecule has 0 amide bonds. The quantitative estimate of drug-likeness (QED) is 0.811. The molecule has 2 rings (SSSR count). The fourth-order valence-electron chi connectivity index (χ4n) is 1.68. The van der Waals surface area contributed by atoms with Crippen molar-refractivity contribution in [3.05, 3.63) is 24.4 Å². The van der Waals surface area contributed by atoms with E-state index in [1.807, 2.05) is 6.20 Å². The fourth-order valence-corrected chi connectivity index (χ4v) is 1.68. The van der Waals surface area contributed by atoms with Gasteiger partial charge >= 0.3 is 0 Å². The van der Waals surface area contributed by atoms with Crippen LogP contribution in [0, 0.1) is 0 Å². The van der Waals surface area contributed by atoms with E-state index < -0.39 is 0 Å². The van der Waals surface area contributed by atoms with Gasteiger partial charge in [-0.05, 0) is 31.5 Å². The topological polar surface area (TPSA) is 49.9 Å². The number of nitrogens with zero attached hydrogens (tertiary/aromatic N) is 1. The average Bonchev–Trinajstić information content (AvgIpc) is 2.73. The minimum atomic E-state index is 0.403. The summed E-state index contributed by atoms with van der Waals surface area (Å²) in [4.78, 5) is 0. The molecule has 2 N–H and O–H groups in total. The van der Waals surface area contributed by atoms with Crippen molar-refractivity contribution in [3.8, 4) is 0 Å². The van der Waals surface area contributed by atoms with Gasteiger partial charge in [0.15, 0.2) is 0 Å². The molecular formula is C12H17N3O. The molecule has 1 aromatic carbocycles. The van der Waals surface area contributed by atoms with Gasteiger partial charge in [-0.25, -0.2) is 0 Å². The number of nitrogens with one attached hydrogen (secondary N) is 2. The summed E-state index contributed by atoms with van der Waals surface area (Å²) in [6.07, 6.45) is 2.82. The van der Waals surface area contributed by atoms with E-state index in [2.05, 4.69) is 40.6 Å². The van der Waals surface area contributed by atoms with E-state index in [1.54, 1.807) is 7.11 Å². The molecular weight excluding hydrogens is 202 g/mol. The Morgan fingerprint density at radius 3 is 3.19 bits per heavy atom. The number of hydrogen-bond donors (Lipinski definition) is 2. The Hall–Kier alpha value is -1.55. The highest BCUT2D eigenvalue weighted by Gasteiger charge is 2.03. The zero-order chi connectivity index (χ0) is 11.4. The number of aromatic amines is 1. The molecule has 0 saturated heterocycles. The molecule has 1 unspecified atom stereocenters. The Balaban J connectivity index is 2.03. The van der Waals surface area contributed by atoms with Gasteiger partial charge in [0.1, 0.15) is 0 Å². The van der Waals surface area contributed by atoms with Gasteiger partial charge in [0.05, 0.1) is 11.7 Å². The number of fused-ring (bicyclic) bond motifs is 1. The van der Waals surface area contributed by atoms with Crippen molar-refractivity contribution in [1.29, 1.82) is 0 Å². The lowest BCUT2D eigenvalue weighted by Gasteiger charge is -2.14. The van der Waals surface area contributed by atoms with Crippen molar-refractivity contribution in [2.45, 2.75) is 19.4 Å². The number of hydrogen-bond acceptors (Lipinski definition) is 3. The van der Waals surface area contributed by atoms with Crippen molar-refractivity contribution < 1.29 is 4.74 Å². The Bertz CT molecular complexity index is 452. The van der Waals surface area contributed by atoms with Crippen LogP contribution in [0.4, 0.5) is 5.69 Å². The van der Waals surface area contributed by atoms with E-state index in [1.165, 1.54) is 0 Å². The fraction of sp³-hybridized carbons (Fsp3) is 0.417. The van der Waals surface area contributed by atoms with Gasteiger partial charge in [-0.15, -0.1) is 0 Å². The second-order valence-corrected chi connectivity index (χ2v) is 4.00. The second-order valence-electron chi connectivity index (χ2n) is 4.00. The van der Waals surface area contributed by atoms with Crippen LogP contribution in [0.2, 0.25) is 0 Å². The van der Waals surface area contributed by atoms with Crippen molar-refractivity contribution in [1.82, 2.24) is 10.2 Å². The molecule has 0 bridgehead atoms. The first-order chi connectivity index (χ1) is 7.79. The van der Waals surface area contributed by atoms with Gasteiger partial charge in [-0.1, -0.05) is 0 Å². The molecule has 0 fully saturated rings. The Labute approximate surface area is 95.0 Å². The van der Waals surface area contributed by atoms with Crippen LogP contribution in [-0.2, 0) is 4.74 Å². The van der Waals surface area contributed by atoms with Crippen LogP contribution in [0.25, 0.3) is 10.9 Å².